The van der Waals surface area contributed by atoms with Crippen molar-refractivity contribution in [1.29, 1.82) is 0 Å². The molecule has 0 heterocycles. The summed E-state index contributed by atoms with van der Waals surface area (Å²) < 4.78 is 0. The molecule has 11 heteroatoms. The Bertz CT molecular complexity index is 26.1. The van der Waals surface area contributed by atoms with Gasteiger partial charge < -0.3 is 65.7 Å². The molecule has 0 aromatic heterocycles. The van der Waals surface area contributed by atoms with E-state index in [-0.39, 0.29) is 72.3 Å². The van der Waals surface area contributed by atoms with Gasteiger partial charge >= 0.3 is 16.8 Å². The molecule has 0 aliphatic heterocycles. The van der Waals surface area contributed by atoms with Crippen molar-refractivity contribution >= 4 is 0 Å². The van der Waals surface area contributed by atoms with Crippen LogP contribution in [0.15, 0.2) is 5.34 Å². The second kappa shape index (κ2) is 536. The van der Waals surface area contributed by atoms with Crippen LogP contribution in [-0.2, 0) is 16.8 Å². The van der Waals surface area contributed by atoms with Crippen LogP contribution in [0.25, 0.3) is 0 Å². The Morgan fingerprint density at radius 1 is 0.818 bits per heavy atom. The molecule has 0 aromatic carbocycles. The predicted molar refractivity (Wildman–Crippen MR) is 34.3 cm³/mol. The monoisotopic (exact) mass is 260 g/mol. The zero-order valence-electron chi connectivity index (χ0n) is 5.89. The van der Waals surface area contributed by atoms with Crippen LogP contribution in [0, 0.1) is 10.1 Å². The Morgan fingerprint density at radius 2 is 0.818 bits per heavy atom. The summed E-state index contributed by atoms with van der Waals surface area (Å²) in [6.07, 6.45) is 0. The first kappa shape index (κ1) is 228. The van der Waals surface area contributed by atoms with Gasteiger partial charge in [0.05, 0.1) is 0 Å². The molecule has 0 saturated carbocycles. The van der Waals surface area contributed by atoms with Crippen molar-refractivity contribution in [2.75, 3.05) is 0 Å². The van der Waals surface area contributed by atoms with Crippen LogP contribution in [-0.4, -0.2) is 0 Å². The topological polar surface area (TPSA) is 227 Å². The van der Waals surface area contributed by atoms with Gasteiger partial charge in [0, 0.05) is 0 Å². The molecule has 0 aliphatic rings. The molecule has 0 atom stereocenters. The largest absolute Gasteiger partial charge is 2.00 e. The summed E-state index contributed by atoms with van der Waals surface area (Å²) >= 11 is 0. The van der Waals surface area contributed by atoms with Crippen LogP contribution in [0.3, 0.4) is 0 Å². The van der Waals surface area contributed by atoms with Gasteiger partial charge in [-0.1, -0.05) is 0 Å². The molecule has 0 aliphatic carbocycles. The van der Waals surface area contributed by atoms with E-state index in [0.29, 0.717) is 0 Å². The number of nitrogens with zero attached hydrogens (tertiary/aromatic N) is 1. The van der Waals surface area contributed by atoms with Gasteiger partial charge in [0.1, 0.15) is 0 Å². The first-order valence-corrected chi connectivity index (χ1v) is 0.365. The van der Waals surface area contributed by atoms with E-state index in [9.17, 15) is 0 Å². The predicted octanol–water partition coefficient (Wildman–Crippen LogP) is -4.93. The maximum atomic E-state index is 8.00. The Labute approximate surface area is 88.1 Å². The second-order valence-electron chi connectivity index (χ2n) is 0.0745. The molecule has 0 saturated heterocycles. The average Bonchev–Trinajstić information content (AvgIpc) is 0.918. The van der Waals surface area contributed by atoms with Gasteiger partial charge in [-0.2, -0.15) is 0 Å². The first-order valence-electron chi connectivity index (χ1n) is 0.365. The number of rotatable bonds is 0. The molecule has 0 rings (SSSR count). The fraction of sp³-hybridized carbons (Fsp3) is 0. The second-order valence-corrected chi connectivity index (χ2v) is 0.0745. The van der Waals surface area contributed by atoms with E-state index in [4.69, 9.17) is 10.1 Å². The third-order valence-electron chi connectivity index (χ3n) is 0. The normalized spacial score (nSPS) is 1.09. The van der Waals surface area contributed by atoms with Crippen molar-refractivity contribution < 1.29 is 41.6 Å². The zero-order valence-corrected chi connectivity index (χ0v) is 8.44. The summed E-state index contributed by atoms with van der Waals surface area (Å²) in [5.74, 6) is 0. The SMILES string of the molecule is N.N.N.N.N.O=N[O-].[Cl-].[Cl-].[Co+2]. The van der Waals surface area contributed by atoms with Gasteiger partial charge in [-0.3, -0.25) is 0 Å². The van der Waals surface area contributed by atoms with Crippen LogP contribution in [0.4, 0.5) is 0 Å². The molecule has 15 N–H and O–H groups in total. The van der Waals surface area contributed by atoms with Crippen LogP contribution in [0.5, 0.6) is 0 Å². The van der Waals surface area contributed by atoms with Crippen molar-refractivity contribution in [3.63, 3.8) is 0 Å². The molecule has 0 unspecified atom stereocenters. The number of hydrogen-bond acceptors (Lipinski definition) is 8. The van der Waals surface area contributed by atoms with Crippen LogP contribution >= 0.6 is 0 Å². The van der Waals surface area contributed by atoms with E-state index >= 15 is 0 Å². The molecule has 11 heavy (non-hydrogen) atoms. The Balaban J connectivity index is -0.000000000714. The van der Waals surface area contributed by atoms with Gasteiger partial charge in [0.15, 0.2) is 0 Å². The molecule has 0 fully saturated rings. The number of halogens is 2. The van der Waals surface area contributed by atoms with E-state index in [0.717, 1.165) is 5.34 Å². The molecule has 0 bridgehead atoms. The van der Waals surface area contributed by atoms with Crippen LogP contribution in [0.2, 0.25) is 0 Å². The fourth-order valence-electron chi connectivity index (χ4n) is 0. The van der Waals surface area contributed by atoms with Gasteiger partial charge in [-0.25, -0.2) is 0 Å². The standard InChI is InChI=1S/2ClH.Co.HNO2.5H3N/c;;;2-1-3;;;;;/h2*1H;;(H,2,3);5*1H3/q;;+2;;;;;;/p-3. The summed E-state index contributed by atoms with van der Waals surface area (Å²) in [5.41, 5.74) is 0. The van der Waals surface area contributed by atoms with Crippen LogP contribution < -0.4 is 55.6 Å². The zero-order chi connectivity index (χ0) is 2.71. The average molecular weight is 261 g/mol. The fourth-order valence-corrected chi connectivity index (χ4v) is 0. The summed E-state index contributed by atoms with van der Waals surface area (Å²) in [6, 6.07) is 0. The third kappa shape index (κ3) is 8610. The van der Waals surface area contributed by atoms with E-state index in [1.807, 2.05) is 0 Å². The van der Waals surface area contributed by atoms with Crippen molar-refractivity contribution in [3.05, 3.63) is 10.1 Å². The summed E-state index contributed by atoms with van der Waals surface area (Å²) in [5, 5.41) is 9.00. The van der Waals surface area contributed by atoms with E-state index in [1.54, 1.807) is 0 Å². The maximum absolute atomic E-state index is 8.00. The number of hydrogen-bond donors (Lipinski definition) is 5. The van der Waals surface area contributed by atoms with Crippen molar-refractivity contribution in [3.8, 4) is 0 Å². The molecular weight excluding hydrogens is 246 g/mol. The molecule has 1 radical (unpaired) electrons. The van der Waals surface area contributed by atoms with Crippen molar-refractivity contribution in [2.45, 2.75) is 0 Å². The first-order chi connectivity index (χ1) is 1.41. The minimum Gasteiger partial charge on any atom is -1.00 e. The molecule has 0 amide bonds. The van der Waals surface area contributed by atoms with E-state index < -0.39 is 0 Å². The minimum atomic E-state index is 0. The molecule has 81 valence electrons. The van der Waals surface area contributed by atoms with Gasteiger partial charge in [0.2, 0.25) is 0 Å². The van der Waals surface area contributed by atoms with Crippen molar-refractivity contribution in [2.24, 2.45) is 5.34 Å². The molecule has 8 nitrogen and oxygen atoms in total. The maximum Gasteiger partial charge on any atom is 2.00 e. The quantitative estimate of drug-likeness (QED) is 0.210. The van der Waals surface area contributed by atoms with Gasteiger partial charge in [-0.05, 0) is 0 Å². The molecule has 0 aromatic rings. The molecular formula is H15Cl2CoN6O2-. The Hall–Kier alpha value is 0.286. The summed E-state index contributed by atoms with van der Waals surface area (Å²) in [6.45, 7) is 0. The molecule has 0 spiro atoms. The third-order valence-corrected chi connectivity index (χ3v) is 0. The van der Waals surface area contributed by atoms with Gasteiger partial charge in [0.25, 0.3) is 0 Å². The summed E-state index contributed by atoms with van der Waals surface area (Å²) in [7, 11) is 0. The van der Waals surface area contributed by atoms with E-state index in [2.05, 4.69) is 0 Å². The Kier molecular flexibility index (Phi) is 11100. The van der Waals surface area contributed by atoms with Gasteiger partial charge in [-0.15, -0.1) is 5.34 Å². The van der Waals surface area contributed by atoms with Crippen molar-refractivity contribution in [1.82, 2.24) is 30.8 Å². The minimum absolute atomic E-state index is 0. The Morgan fingerprint density at radius 3 is 0.818 bits per heavy atom. The smallest absolute Gasteiger partial charge is 1.00 e. The van der Waals surface area contributed by atoms with E-state index in [1.165, 1.54) is 0 Å². The summed E-state index contributed by atoms with van der Waals surface area (Å²) in [4.78, 5) is 8.00. The van der Waals surface area contributed by atoms with Crippen LogP contribution in [0.1, 0.15) is 0 Å².